The molecule has 0 saturated heterocycles. The SMILES string of the molecule is [B]c1ccnc(NC(=O)OC)c1. The molecule has 12 heavy (non-hydrogen) atoms. The van der Waals surface area contributed by atoms with Gasteiger partial charge in [0, 0.05) is 6.20 Å². The first-order valence-corrected chi connectivity index (χ1v) is 3.29. The fourth-order valence-corrected chi connectivity index (χ4v) is 0.671. The van der Waals surface area contributed by atoms with Crippen molar-refractivity contribution in [1.82, 2.24) is 4.98 Å². The van der Waals surface area contributed by atoms with Gasteiger partial charge in [-0.05, 0) is 6.07 Å². The zero-order valence-electron chi connectivity index (χ0n) is 6.57. The number of nitrogens with zero attached hydrogens (tertiary/aromatic N) is 1. The van der Waals surface area contributed by atoms with Crippen LogP contribution in [0.2, 0.25) is 0 Å². The molecule has 2 radical (unpaired) electrons. The molecule has 0 aliphatic heterocycles. The maximum absolute atomic E-state index is 10.7. The number of rotatable bonds is 1. The Hall–Kier alpha value is -1.52. The number of anilines is 1. The van der Waals surface area contributed by atoms with Crippen molar-refractivity contribution in [2.75, 3.05) is 12.4 Å². The Morgan fingerprint density at radius 2 is 2.50 bits per heavy atom. The molecule has 0 aliphatic rings. The summed E-state index contributed by atoms with van der Waals surface area (Å²) < 4.78 is 4.36. The monoisotopic (exact) mass is 162 g/mol. The van der Waals surface area contributed by atoms with Crippen LogP contribution in [0.1, 0.15) is 0 Å². The van der Waals surface area contributed by atoms with E-state index in [-0.39, 0.29) is 0 Å². The minimum Gasteiger partial charge on any atom is -0.453 e. The van der Waals surface area contributed by atoms with E-state index >= 15 is 0 Å². The van der Waals surface area contributed by atoms with Gasteiger partial charge in [-0.3, -0.25) is 5.32 Å². The molecule has 1 N–H and O–H groups in total. The van der Waals surface area contributed by atoms with Crippen molar-refractivity contribution >= 4 is 25.2 Å². The van der Waals surface area contributed by atoms with Crippen LogP contribution in [0.25, 0.3) is 0 Å². The molecule has 1 amide bonds. The molecule has 0 unspecified atom stereocenters. The van der Waals surface area contributed by atoms with E-state index in [0.717, 1.165) is 0 Å². The summed E-state index contributed by atoms with van der Waals surface area (Å²) >= 11 is 0. The lowest BCUT2D eigenvalue weighted by Gasteiger charge is -2.02. The molecular weight excluding hydrogens is 155 g/mol. The van der Waals surface area contributed by atoms with E-state index in [1.54, 1.807) is 6.07 Å². The van der Waals surface area contributed by atoms with E-state index in [9.17, 15) is 4.79 Å². The first kappa shape index (κ1) is 8.58. The predicted octanol–water partition coefficient (Wildman–Crippen LogP) is 0.0537. The first-order valence-electron chi connectivity index (χ1n) is 3.29. The van der Waals surface area contributed by atoms with Crippen molar-refractivity contribution in [1.29, 1.82) is 0 Å². The second-order valence-electron chi connectivity index (χ2n) is 2.09. The number of methoxy groups -OCH3 is 1. The van der Waals surface area contributed by atoms with E-state index in [0.29, 0.717) is 11.3 Å². The third-order valence-electron chi connectivity index (χ3n) is 1.20. The minimum atomic E-state index is -0.562. The van der Waals surface area contributed by atoms with Crippen molar-refractivity contribution < 1.29 is 9.53 Å². The van der Waals surface area contributed by atoms with Crippen molar-refractivity contribution in [2.45, 2.75) is 0 Å². The summed E-state index contributed by atoms with van der Waals surface area (Å²) in [5.74, 6) is 0.377. The number of carbonyl (C=O) groups excluding carboxylic acids is 1. The van der Waals surface area contributed by atoms with Gasteiger partial charge in [-0.15, -0.1) is 0 Å². The highest BCUT2D eigenvalue weighted by molar-refractivity contribution is 6.32. The molecule has 1 aromatic heterocycles. The fourth-order valence-electron chi connectivity index (χ4n) is 0.671. The number of hydrogen-bond donors (Lipinski definition) is 1. The van der Waals surface area contributed by atoms with Gasteiger partial charge in [0.15, 0.2) is 0 Å². The Balaban J connectivity index is 2.69. The Morgan fingerprint density at radius 3 is 3.08 bits per heavy atom. The molecule has 0 bridgehead atoms. The number of carbonyl (C=O) groups is 1. The molecule has 1 rings (SSSR count). The lowest BCUT2D eigenvalue weighted by Crippen LogP contribution is -2.14. The maximum Gasteiger partial charge on any atom is 0.412 e. The molecule has 4 nitrogen and oxygen atoms in total. The highest BCUT2D eigenvalue weighted by Gasteiger charge is 1.99. The second-order valence-corrected chi connectivity index (χ2v) is 2.09. The van der Waals surface area contributed by atoms with Gasteiger partial charge in [0.05, 0.1) is 7.11 Å². The molecule has 0 spiro atoms. The largest absolute Gasteiger partial charge is 0.453 e. The molecule has 0 aromatic carbocycles. The predicted molar refractivity (Wildman–Crippen MR) is 45.7 cm³/mol. The maximum atomic E-state index is 10.7. The highest BCUT2D eigenvalue weighted by Crippen LogP contribution is 1.97. The Labute approximate surface area is 71.4 Å². The summed E-state index contributed by atoms with van der Waals surface area (Å²) in [6, 6.07) is 3.17. The summed E-state index contributed by atoms with van der Waals surface area (Å²) in [7, 11) is 6.72. The Kier molecular flexibility index (Phi) is 2.69. The van der Waals surface area contributed by atoms with E-state index < -0.39 is 6.09 Å². The smallest absolute Gasteiger partial charge is 0.412 e. The average molecular weight is 162 g/mol. The zero-order valence-corrected chi connectivity index (χ0v) is 6.57. The number of hydrogen-bond acceptors (Lipinski definition) is 3. The molecule has 0 saturated carbocycles. The van der Waals surface area contributed by atoms with Crippen molar-refractivity contribution in [3.63, 3.8) is 0 Å². The van der Waals surface area contributed by atoms with E-state index in [1.165, 1.54) is 19.4 Å². The van der Waals surface area contributed by atoms with Crippen LogP contribution in [-0.4, -0.2) is 26.0 Å². The average Bonchev–Trinajstić information content (AvgIpc) is 2.04. The molecule has 1 heterocycles. The van der Waals surface area contributed by atoms with Gasteiger partial charge in [-0.1, -0.05) is 11.5 Å². The third kappa shape index (κ3) is 2.27. The van der Waals surface area contributed by atoms with Crippen molar-refractivity contribution in [3.05, 3.63) is 18.3 Å². The van der Waals surface area contributed by atoms with Crippen molar-refractivity contribution in [2.24, 2.45) is 0 Å². The van der Waals surface area contributed by atoms with Crippen LogP contribution >= 0.6 is 0 Å². The van der Waals surface area contributed by atoms with Gasteiger partial charge < -0.3 is 4.74 Å². The van der Waals surface area contributed by atoms with Crippen LogP contribution in [0, 0.1) is 0 Å². The highest BCUT2D eigenvalue weighted by atomic mass is 16.5. The van der Waals surface area contributed by atoms with Crippen LogP contribution in [0.15, 0.2) is 18.3 Å². The van der Waals surface area contributed by atoms with E-state index in [2.05, 4.69) is 15.0 Å². The summed E-state index contributed by atoms with van der Waals surface area (Å²) in [6.07, 6.45) is 0.939. The molecule has 60 valence electrons. The standard InChI is InChI=1S/C7H7BN2O2/c1-12-7(11)10-6-4-5(8)2-3-9-6/h2-4H,1H3,(H,9,10,11). The van der Waals surface area contributed by atoms with Gasteiger partial charge in [0.1, 0.15) is 13.7 Å². The van der Waals surface area contributed by atoms with Crippen LogP contribution in [0.4, 0.5) is 10.6 Å². The van der Waals surface area contributed by atoms with Crippen molar-refractivity contribution in [3.8, 4) is 0 Å². The number of pyridine rings is 1. The van der Waals surface area contributed by atoms with E-state index in [4.69, 9.17) is 7.85 Å². The lowest BCUT2D eigenvalue weighted by atomic mass is 9.98. The third-order valence-corrected chi connectivity index (χ3v) is 1.20. The molecule has 0 aliphatic carbocycles. The van der Waals surface area contributed by atoms with Crippen LogP contribution < -0.4 is 10.8 Å². The molecule has 0 fully saturated rings. The molecule has 1 aromatic rings. The minimum absolute atomic E-state index is 0.377. The number of aromatic nitrogens is 1. The summed E-state index contributed by atoms with van der Waals surface area (Å²) in [5, 5.41) is 2.38. The summed E-state index contributed by atoms with van der Waals surface area (Å²) in [5.41, 5.74) is 0.538. The van der Waals surface area contributed by atoms with Crippen LogP contribution in [-0.2, 0) is 4.74 Å². The van der Waals surface area contributed by atoms with Gasteiger partial charge in [-0.25, -0.2) is 9.78 Å². The molecule has 5 heteroatoms. The normalized spacial score (nSPS) is 9.08. The quantitative estimate of drug-likeness (QED) is 0.593. The lowest BCUT2D eigenvalue weighted by molar-refractivity contribution is 0.187. The van der Waals surface area contributed by atoms with Crippen LogP contribution in [0.3, 0.4) is 0 Å². The van der Waals surface area contributed by atoms with Gasteiger partial charge in [-0.2, -0.15) is 0 Å². The number of amides is 1. The van der Waals surface area contributed by atoms with Gasteiger partial charge in [0.2, 0.25) is 0 Å². The molecule has 0 atom stereocenters. The van der Waals surface area contributed by atoms with Crippen LogP contribution in [0.5, 0.6) is 0 Å². The zero-order chi connectivity index (χ0) is 8.97. The fraction of sp³-hybridized carbons (Fsp3) is 0.143. The van der Waals surface area contributed by atoms with Gasteiger partial charge in [0.25, 0.3) is 0 Å². The number of nitrogens with one attached hydrogen (secondary N) is 1. The Bertz CT molecular complexity index is 290. The number of ether oxygens (including phenoxy) is 1. The topological polar surface area (TPSA) is 51.2 Å². The molecular formula is C7H7BN2O2. The first-order chi connectivity index (χ1) is 5.72. The summed E-state index contributed by atoms with van der Waals surface area (Å²) in [4.78, 5) is 14.5. The van der Waals surface area contributed by atoms with E-state index in [1.807, 2.05) is 0 Å². The Morgan fingerprint density at radius 1 is 1.75 bits per heavy atom. The van der Waals surface area contributed by atoms with Gasteiger partial charge >= 0.3 is 6.09 Å². The summed E-state index contributed by atoms with van der Waals surface area (Å²) in [6.45, 7) is 0. The second kappa shape index (κ2) is 3.76.